The summed E-state index contributed by atoms with van der Waals surface area (Å²) in [5.41, 5.74) is 7.84. The first-order valence-corrected chi connectivity index (χ1v) is 6.98. The zero-order valence-corrected chi connectivity index (χ0v) is 11.3. The Morgan fingerprint density at radius 3 is 2.89 bits per heavy atom. The highest BCUT2D eigenvalue weighted by Gasteiger charge is 2.28. The molecule has 2 atom stereocenters. The predicted octanol–water partition coefficient (Wildman–Crippen LogP) is 2.19. The molecule has 0 radical (unpaired) electrons. The predicted molar refractivity (Wildman–Crippen MR) is 78.1 cm³/mol. The van der Waals surface area contributed by atoms with Gasteiger partial charge in [0.25, 0.3) is 0 Å². The third-order valence-electron chi connectivity index (χ3n) is 4.09. The van der Waals surface area contributed by atoms with Crippen molar-refractivity contribution in [1.29, 1.82) is 0 Å². The van der Waals surface area contributed by atoms with E-state index in [0.717, 1.165) is 23.4 Å². The van der Waals surface area contributed by atoms with Crippen LogP contribution in [0.3, 0.4) is 0 Å². The molecule has 0 spiro atoms. The number of benzene rings is 1. The monoisotopic (exact) mass is 256 g/mol. The summed E-state index contributed by atoms with van der Waals surface area (Å²) in [6.07, 6.45) is 4.33. The normalized spacial score (nSPS) is 23.8. The molecule has 4 heteroatoms. The maximum absolute atomic E-state index is 5.94. The molecular weight excluding hydrogens is 236 g/mol. The molecule has 1 aliphatic heterocycles. The number of fused-ring (bicyclic) bond motifs is 1. The number of nitrogens with two attached hydrogens (primary N) is 1. The van der Waals surface area contributed by atoms with E-state index in [1.165, 1.54) is 12.8 Å². The molecule has 1 aromatic carbocycles. The minimum Gasteiger partial charge on any atom is -0.351 e. The van der Waals surface area contributed by atoms with Crippen LogP contribution in [0.25, 0.3) is 11.0 Å². The number of aromatic nitrogens is 2. The van der Waals surface area contributed by atoms with Crippen LogP contribution in [0.4, 0.5) is 5.82 Å². The SMILES string of the molecule is CC1CCCN(c2cnc3ccccc3n2)C1CN. The highest BCUT2D eigenvalue weighted by Crippen LogP contribution is 2.27. The lowest BCUT2D eigenvalue weighted by molar-refractivity contribution is 0.348. The fraction of sp³-hybridized carbons (Fsp3) is 0.467. The Bertz CT molecular complexity index is 569. The zero-order chi connectivity index (χ0) is 13.2. The Morgan fingerprint density at radius 1 is 1.32 bits per heavy atom. The van der Waals surface area contributed by atoms with Gasteiger partial charge in [0.15, 0.2) is 0 Å². The fourth-order valence-corrected chi connectivity index (χ4v) is 2.98. The first-order chi connectivity index (χ1) is 9.29. The van der Waals surface area contributed by atoms with Crippen molar-refractivity contribution in [2.45, 2.75) is 25.8 Å². The van der Waals surface area contributed by atoms with E-state index in [0.29, 0.717) is 18.5 Å². The first kappa shape index (κ1) is 12.4. The van der Waals surface area contributed by atoms with Gasteiger partial charge < -0.3 is 10.6 Å². The minimum absolute atomic E-state index is 0.379. The Kier molecular flexibility index (Phi) is 3.34. The topological polar surface area (TPSA) is 55.0 Å². The van der Waals surface area contributed by atoms with Crippen LogP contribution in [0.5, 0.6) is 0 Å². The van der Waals surface area contributed by atoms with Crippen LogP contribution in [0.1, 0.15) is 19.8 Å². The molecule has 1 saturated heterocycles. The van der Waals surface area contributed by atoms with E-state index in [4.69, 9.17) is 10.7 Å². The van der Waals surface area contributed by atoms with Gasteiger partial charge in [-0.3, -0.25) is 4.98 Å². The Hall–Kier alpha value is -1.68. The minimum atomic E-state index is 0.379. The van der Waals surface area contributed by atoms with Crippen molar-refractivity contribution in [2.75, 3.05) is 18.0 Å². The van der Waals surface area contributed by atoms with E-state index in [2.05, 4.69) is 16.8 Å². The smallest absolute Gasteiger partial charge is 0.148 e. The molecular formula is C15H20N4. The average molecular weight is 256 g/mol. The third kappa shape index (κ3) is 2.28. The van der Waals surface area contributed by atoms with Crippen molar-refractivity contribution in [2.24, 2.45) is 11.7 Å². The number of piperidine rings is 1. The van der Waals surface area contributed by atoms with Crippen LogP contribution in [-0.4, -0.2) is 29.1 Å². The van der Waals surface area contributed by atoms with Gasteiger partial charge in [-0.2, -0.15) is 0 Å². The van der Waals surface area contributed by atoms with Crippen LogP contribution >= 0.6 is 0 Å². The second kappa shape index (κ2) is 5.13. The van der Waals surface area contributed by atoms with Gasteiger partial charge in [-0.1, -0.05) is 19.1 Å². The standard InChI is InChI=1S/C15H20N4/c1-11-5-4-8-19(14(11)9-16)15-10-17-12-6-2-3-7-13(12)18-15/h2-3,6-7,10-11,14H,4-5,8-9,16H2,1H3. The van der Waals surface area contributed by atoms with Gasteiger partial charge in [-0.25, -0.2) is 4.98 Å². The second-order valence-corrected chi connectivity index (χ2v) is 5.33. The van der Waals surface area contributed by atoms with Crippen LogP contribution in [-0.2, 0) is 0 Å². The lowest BCUT2D eigenvalue weighted by Crippen LogP contribution is -2.49. The molecule has 0 aliphatic carbocycles. The van der Waals surface area contributed by atoms with E-state index in [1.807, 2.05) is 30.5 Å². The van der Waals surface area contributed by atoms with Crippen molar-refractivity contribution < 1.29 is 0 Å². The number of anilines is 1. The maximum Gasteiger partial charge on any atom is 0.148 e. The van der Waals surface area contributed by atoms with Crippen molar-refractivity contribution in [3.05, 3.63) is 30.5 Å². The first-order valence-electron chi connectivity index (χ1n) is 6.98. The van der Waals surface area contributed by atoms with Gasteiger partial charge in [0.2, 0.25) is 0 Å². The molecule has 2 aromatic rings. The quantitative estimate of drug-likeness (QED) is 0.895. The lowest BCUT2D eigenvalue weighted by Gasteiger charge is -2.40. The summed E-state index contributed by atoms with van der Waals surface area (Å²) < 4.78 is 0. The molecule has 4 nitrogen and oxygen atoms in total. The molecule has 19 heavy (non-hydrogen) atoms. The van der Waals surface area contributed by atoms with Gasteiger partial charge in [-0.15, -0.1) is 0 Å². The number of nitrogens with zero attached hydrogens (tertiary/aromatic N) is 3. The van der Waals surface area contributed by atoms with Crippen molar-refractivity contribution >= 4 is 16.9 Å². The summed E-state index contributed by atoms with van der Waals surface area (Å²) in [6, 6.07) is 8.37. The summed E-state index contributed by atoms with van der Waals surface area (Å²) in [6.45, 7) is 3.98. The summed E-state index contributed by atoms with van der Waals surface area (Å²) in [7, 11) is 0. The van der Waals surface area contributed by atoms with Gasteiger partial charge in [0.05, 0.1) is 17.2 Å². The molecule has 2 unspecified atom stereocenters. The number of hydrogen-bond acceptors (Lipinski definition) is 4. The molecule has 0 bridgehead atoms. The fourth-order valence-electron chi connectivity index (χ4n) is 2.98. The summed E-state index contributed by atoms with van der Waals surface area (Å²) in [4.78, 5) is 11.6. The Balaban J connectivity index is 1.98. The van der Waals surface area contributed by atoms with E-state index in [1.54, 1.807) is 0 Å². The third-order valence-corrected chi connectivity index (χ3v) is 4.09. The van der Waals surface area contributed by atoms with Crippen LogP contribution < -0.4 is 10.6 Å². The number of rotatable bonds is 2. The van der Waals surface area contributed by atoms with Crippen LogP contribution in [0.2, 0.25) is 0 Å². The highest BCUT2D eigenvalue weighted by atomic mass is 15.2. The molecule has 100 valence electrons. The van der Waals surface area contributed by atoms with Gasteiger partial charge >= 0.3 is 0 Å². The molecule has 1 aliphatic rings. The molecule has 2 heterocycles. The van der Waals surface area contributed by atoms with Gasteiger partial charge in [0.1, 0.15) is 5.82 Å². The Labute approximate surface area is 113 Å². The van der Waals surface area contributed by atoms with Crippen LogP contribution in [0.15, 0.2) is 30.5 Å². The van der Waals surface area contributed by atoms with Gasteiger partial charge in [0, 0.05) is 19.1 Å². The molecule has 0 saturated carbocycles. The highest BCUT2D eigenvalue weighted by molar-refractivity contribution is 5.75. The maximum atomic E-state index is 5.94. The Morgan fingerprint density at radius 2 is 2.11 bits per heavy atom. The number of para-hydroxylation sites is 2. The zero-order valence-electron chi connectivity index (χ0n) is 11.3. The summed E-state index contributed by atoms with van der Waals surface area (Å²) in [5.74, 6) is 1.58. The lowest BCUT2D eigenvalue weighted by atomic mass is 9.91. The largest absolute Gasteiger partial charge is 0.351 e. The van der Waals surface area contributed by atoms with E-state index in [9.17, 15) is 0 Å². The van der Waals surface area contributed by atoms with Crippen molar-refractivity contribution in [3.8, 4) is 0 Å². The molecule has 1 aromatic heterocycles. The summed E-state index contributed by atoms with van der Waals surface area (Å²) in [5, 5.41) is 0. The number of hydrogen-bond donors (Lipinski definition) is 1. The molecule has 1 fully saturated rings. The van der Waals surface area contributed by atoms with Crippen molar-refractivity contribution in [1.82, 2.24) is 9.97 Å². The molecule has 3 rings (SSSR count). The average Bonchev–Trinajstić information content (AvgIpc) is 2.46. The molecule has 2 N–H and O–H groups in total. The van der Waals surface area contributed by atoms with Crippen molar-refractivity contribution in [3.63, 3.8) is 0 Å². The summed E-state index contributed by atoms with van der Waals surface area (Å²) >= 11 is 0. The van der Waals surface area contributed by atoms with E-state index in [-0.39, 0.29) is 0 Å². The second-order valence-electron chi connectivity index (χ2n) is 5.33. The van der Waals surface area contributed by atoms with Gasteiger partial charge in [-0.05, 0) is 30.9 Å². The van der Waals surface area contributed by atoms with E-state index < -0.39 is 0 Å². The van der Waals surface area contributed by atoms with E-state index >= 15 is 0 Å². The molecule has 0 amide bonds. The van der Waals surface area contributed by atoms with Crippen LogP contribution in [0, 0.1) is 5.92 Å².